The van der Waals surface area contributed by atoms with Crippen molar-refractivity contribution in [2.45, 2.75) is 0 Å². The molecule has 190 valence electrons. The number of para-hydroxylation sites is 1. The lowest BCUT2D eigenvalue weighted by molar-refractivity contribution is -0.114. The second kappa shape index (κ2) is 11.9. The normalized spacial score (nSPS) is 14.7. The number of hydrogen-bond acceptors (Lipinski definition) is 8. The van der Waals surface area contributed by atoms with E-state index in [9.17, 15) is 9.18 Å². The van der Waals surface area contributed by atoms with Gasteiger partial charge in [-0.2, -0.15) is 0 Å². The largest absolute Gasteiger partial charge is 0.407 e. The van der Waals surface area contributed by atoms with Crippen LogP contribution in [0.15, 0.2) is 71.9 Å². The van der Waals surface area contributed by atoms with Gasteiger partial charge in [0.2, 0.25) is 11.8 Å². The molecule has 37 heavy (non-hydrogen) atoms. The zero-order chi connectivity index (χ0) is 26.2. The zero-order valence-electron chi connectivity index (χ0n) is 19.9. The summed E-state index contributed by atoms with van der Waals surface area (Å²) < 4.78 is 23.9. The fraction of sp³-hybridized carbons (Fsp3) is 0.192. The minimum absolute atomic E-state index is 0.00164. The number of rotatable bonds is 3. The fourth-order valence-electron chi connectivity index (χ4n) is 3.87. The van der Waals surface area contributed by atoms with E-state index in [0.29, 0.717) is 35.9 Å². The standard InChI is InChI=1S/C15H11FN2O.C11H15N5O2/c16-12-8-4-7-11-14(10-5-2-1-3-6-10)17-9-13(19)18-15(11)12;12-9(18-11(13)14)8-2-1-3-15-10(8)16-4-6-17-7-5-16/h1-8H,9H2,(H,18,19);1-3,12H,4-7H2,(H3,13,14). The molecule has 0 saturated carbocycles. The molecular weight excluding hydrogens is 477 g/mol. The number of anilines is 2. The van der Waals surface area contributed by atoms with E-state index >= 15 is 0 Å². The first-order chi connectivity index (χ1) is 17.9. The number of aromatic nitrogens is 1. The predicted octanol–water partition coefficient (Wildman–Crippen LogP) is 2.77. The third-order valence-electron chi connectivity index (χ3n) is 5.52. The average molecular weight is 504 g/mol. The van der Waals surface area contributed by atoms with Crippen LogP contribution in [-0.4, -0.2) is 61.4 Å². The molecule has 10 nitrogen and oxygen atoms in total. The number of carbonyl (C=O) groups excluding carboxylic acids is 1. The minimum atomic E-state index is -0.503. The third kappa shape index (κ3) is 6.33. The minimum Gasteiger partial charge on any atom is -0.407 e. The fourth-order valence-corrected chi connectivity index (χ4v) is 3.87. The van der Waals surface area contributed by atoms with Crippen LogP contribution in [0.1, 0.15) is 16.7 Å². The van der Waals surface area contributed by atoms with Gasteiger partial charge in [0.1, 0.15) is 18.2 Å². The van der Waals surface area contributed by atoms with Crippen LogP contribution in [0.2, 0.25) is 0 Å². The Morgan fingerprint density at radius 1 is 1.05 bits per heavy atom. The smallest absolute Gasteiger partial charge is 0.285 e. The molecule has 2 aliphatic heterocycles. The number of aliphatic imine (C=N–C) groups is 1. The Labute approximate surface area is 213 Å². The molecule has 1 amide bonds. The summed E-state index contributed by atoms with van der Waals surface area (Å²) in [4.78, 5) is 22.2. The molecule has 3 aromatic rings. The summed E-state index contributed by atoms with van der Waals surface area (Å²) in [5.41, 5.74) is 7.96. The molecule has 2 aliphatic rings. The average Bonchev–Trinajstić information content (AvgIpc) is 3.09. The Morgan fingerprint density at radius 2 is 1.81 bits per heavy atom. The highest BCUT2D eigenvalue weighted by molar-refractivity contribution is 6.19. The number of nitrogens with one attached hydrogen (secondary N) is 3. The molecule has 0 spiro atoms. The van der Waals surface area contributed by atoms with Crippen molar-refractivity contribution in [1.82, 2.24) is 4.98 Å². The molecule has 0 atom stereocenters. The number of nitrogens with two attached hydrogens (primary N) is 1. The molecule has 11 heteroatoms. The Kier molecular flexibility index (Phi) is 8.16. The number of morpholine rings is 1. The number of carbonyl (C=O) groups is 1. The molecule has 0 aliphatic carbocycles. The van der Waals surface area contributed by atoms with Crippen molar-refractivity contribution in [3.05, 3.63) is 89.4 Å². The maximum atomic E-state index is 13.8. The molecule has 0 radical (unpaired) electrons. The lowest BCUT2D eigenvalue weighted by atomic mass is 10.0. The number of benzodiazepines with no additional fused rings is 1. The maximum Gasteiger partial charge on any atom is 0.285 e. The lowest BCUT2D eigenvalue weighted by Crippen LogP contribution is -2.38. The monoisotopic (exact) mass is 503 g/mol. The number of fused-ring (bicyclic) bond motifs is 1. The summed E-state index contributed by atoms with van der Waals surface area (Å²) in [6.45, 7) is 2.71. The first-order valence-corrected chi connectivity index (χ1v) is 11.5. The molecule has 0 unspecified atom stereocenters. The van der Waals surface area contributed by atoms with Crippen molar-refractivity contribution in [3.63, 3.8) is 0 Å². The van der Waals surface area contributed by atoms with E-state index in [1.807, 2.05) is 35.2 Å². The number of benzene rings is 2. The maximum absolute atomic E-state index is 13.8. The summed E-state index contributed by atoms with van der Waals surface area (Å²) in [6.07, 6.45) is 1.66. The molecule has 2 aromatic carbocycles. The summed E-state index contributed by atoms with van der Waals surface area (Å²) in [7, 11) is 0. The zero-order valence-corrected chi connectivity index (χ0v) is 19.9. The lowest BCUT2D eigenvalue weighted by Gasteiger charge is -2.29. The van der Waals surface area contributed by atoms with Crippen molar-refractivity contribution < 1.29 is 18.7 Å². The van der Waals surface area contributed by atoms with Crippen molar-refractivity contribution in [3.8, 4) is 0 Å². The van der Waals surface area contributed by atoms with E-state index in [0.717, 1.165) is 18.7 Å². The van der Waals surface area contributed by atoms with Crippen LogP contribution in [0.4, 0.5) is 15.9 Å². The second-order valence-electron chi connectivity index (χ2n) is 8.01. The van der Waals surface area contributed by atoms with Gasteiger partial charge in [-0.15, -0.1) is 0 Å². The summed E-state index contributed by atoms with van der Waals surface area (Å²) in [5, 5.41) is 17.4. The topological polar surface area (TPSA) is 150 Å². The van der Waals surface area contributed by atoms with Gasteiger partial charge in [-0.1, -0.05) is 42.5 Å². The Balaban J connectivity index is 0.000000173. The van der Waals surface area contributed by atoms with E-state index < -0.39 is 11.8 Å². The third-order valence-corrected chi connectivity index (χ3v) is 5.52. The number of amidine groups is 1. The van der Waals surface area contributed by atoms with E-state index in [2.05, 4.69) is 15.3 Å². The van der Waals surface area contributed by atoms with Crippen LogP contribution >= 0.6 is 0 Å². The SMILES string of the molecule is N=C(N)OC(=N)c1cccnc1N1CCOCC1.O=C1CN=C(c2ccccc2)c2cccc(F)c2N1. The molecule has 1 aromatic heterocycles. The first-order valence-electron chi connectivity index (χ1n) is 11.5. The number of nitrogens with zero attached hydrogens (tertiary/aromatic N) is 3. The van der Waals surface area contributed by atoms with Gasteiger partial charge in [-0.3, -0.25) is 20.6 Å². The van der Waals surface area contributed by atoms with Crippen molar-refractivity contribution in [2.24, 2.45) is 10.7 Å². The first kappa shape index (κ1) is 25.5. The Bertz CT molecular complexity index is 1320. The highest BCUT2D eigenvalue weighted by Gasteiger charge is 2.21. The van der Waals surface area contributed by atoms with Crippen molar-refractivity contribution >= 4 is 35.0 Å². The molecule has 5 rings (SSSR count). The Hall–Kier alpha value is -4.64. The molecule has 3 heterocycles. The van der Waals surface area contributed by atoms with Gasteiger partial charge in [-0.25, -0.2) is 9.37 Å². The number of hydrogen-bond donors (Lipinski definition) is 4. The van der Waals surface area contributed by atoms with E-state index in [1.165, 1.54) is 6.07 Å². The number of pyridine rings is 1. The number of ether oxygens (including phenoxy) is 2. The molecule has 1 fully saturated rings. The van der Waals surface area contributed by atoms with Crippen molar-refractivity contribution in [1.29, 1.82) is 10.8 Å². The van der Waals surface area contributed by atoms with Crippen LogP contribution in [0, 0.1) is 16.6 Å². The van der Waals surface area contributed by atoms with Crippen LogP contribution in [0.5, 0.6) is 0 Å². The van der Waals surface area contributed by atoms with Crippen LogP contribution in [-0.2, 0) is 14.3 Å². The molecule has 5 N–H and O–H groups in total. The van der Waals surface area contributed by atoms with Crippen molar-refractivity contribution in [2.75, 3.05) is 43.1 Å². The van der Waals surface area contributed by atoms with Gasteiger partial charge in [0.25, 0.3) is 6.02 Å². The summed E-state index contributed by atoms with van der Waals surface area (Å²) in [5.74, 6) is -0.266. The van der Waals surface area contributed by atoms with Gasteiger partial charge in [0, 0.05) is 30.4 Å². The molecule has 1 saturated heterocycles. The van der Waals surface area contributed by atoms with E-state index in [-0.39, 0.29) is 24.0 Å². The number of amides is 1. The van der Waals surface area contributed by atoms with Gasteiger partial charge < -0.3 is 25.4 Å². The summed E-state index contributed by atoms with van der Waals surface area (Å²) in [6, 6.07) is 17.1. The Morgan fingerprint density at radius 3 is 2.54 bits per heavy atom. The van der Waals surface area contributed by atoms with Gasteiger partial charge >= 0.3 is 0 Å². The number of halogens is 1. The van der Waals surface area contributed by atoms with Crippen LogP contribution < -0.4 is 16.0 Å². The molecular formula is C26H26FN7O3. The van der Waals surface area contributed by atoms with Crippen LogP contribution in [0.25, 0.3) is 0 Å². The van der Waals surface area contributed by atoms with Crippen LogP contribution in [0.3, 0.4) is 0 Å². The summed E-state index contributed by atoms with van der Waals surface area (Å²) >= 11 is 0. The van der Waals surface area contributed by atoms with Gasteiger partial charge in [0.15, 0.2) is 0 Å². The second-order valence-corrected chi connectivity index (χ2v) is 8.01. The predicted molar refractivity (Wildman–Crippen MR) is 139 cm³/mol. The highest BCUT2D eigenvalue weighted by atomic mass is 19.1. The van der Waals surface area contributed by atoms with Gasteiger partial charge in [0.05, 0.1) is 30.2 Å². The van der Waals surface area contributed by atoms with E-state index in [4.69, 9.17) is 26.0 Å². The van der Waals surface area contributed by atoms with Gasteiger partial charge in [-0.05, 0) is 18.2 Å². The molecule has 0 bridgehead atoms. The highest BCUT2D eigenvalue weighted by Crippen LogP contribution is 2.25. The van der Waals surface area contributed by atoms with E-state index in [1.54, 1.807) is 30.5 Å². The quantitative estimate of drug-likeness (QED) is 0.319.